The normalized spacial score (nSPS) is 16.1. The van der Waals surface area contributed by atoms with Crippen molar-refractivity contribution in [3.63, 3.8) is 0 Å². The smallest absolute Gasteiger partial charge is 0.258 e. The van der Waals surface area contributed by atoms with Gasteiger partial charge in [0.1, 0.15) is 12.2 Å². The van der Waals surface area contributed by atoms with Crippen molar-refractivity contribution in [2.24, 2.45) is 0 Å². The molecule has 118 valence electrons. The molecule has 0 unspecified atom stereocenters. The van der Waals surface area contributed by atoms with Crippen LogP contribution in [0.25, 0.3) is 4.96 Å². The number of rotatable bonds is 3. The van der Waals surface area contributed by atoms with Crippen LogP contribution in [0.4, 0.5) is 5.69 Å². The summed E-state index contributed by atoms with van der Waals surface area (Å²) in [5, 5.41) is 1.90. The average molecular weight is 327 g/mol. The summed E-state index contributed by atoms with van der Waals surface area (Å²) >= 11 is 1.51. The molecule has 1 fully saturated rings. The third-order valence-electron chi connectivity index (χ3n) is 4.38. The van der Waals surface area contributed by atoms with Crippen LogP contribution in [0.3, 0.4) is 0 Å². The van der Waals surface area contributed by atoms with E-state index in [0.717, 1.165) is 43.4 Å². The summed E-state index contributed by atoms with van der Waals surface area (Å²) in [6.45, 7) is 5.05. The van der Waals surface area contributed by atoms with Crippen LogP contribution < -0.4 is 15.4 Å². The van der Waals surface area contributed by atoms with Crippen molar-refractivity contribution in [3.8, 4) is 0 Å². The lowest BCUT2D eigenvalue weighted by Gasteiger charge is -2.33. The van der Waals surface area contributed by atoms with E-state index in [4.69, 9.17) is 0 Å². The lowest BCUT2D eigenvalue weighted by molar-refractivity contribution is -0.914. The van der Waals surface area contributed by atoms with E-state index in [1.165, 1.54) is 21.9 Å². The molecule has 3 aromatic rings. The number of fused-ring (bicyclic) bond motifs is 1. The number of benzene rings is 1. The Labute approximate surface area is 138 Å². The maximum absolute atomic E-state index is 12.1. The largest absolute Gasteiger partial charge is 0.360 e. The van der Waals surface area contributed by atoms with Gasteiger partial charge in [-0.3, -0.25) is 9.20 Å². The van der Waals surface area contributed by atoms with Gasteiger partial charge in [0.25, 0.3) is 5.56 Å². The number of nitrogens with one attached hydrogen (secondary N) is 1. The number of aromatic nitrogens is 2. The first-order valence-electron chi connectivity index (χ1n) is 7.89. The Balaban J connectivity index is 1.43. The van der Waals surface area contributed by atoms with Crippen LogP contribution >= 0.6 is 11.3 Å². The Morgan fingerprint density at radius 1 is 1.17 bits per heavy atom. The first-order chi connectivity index (χ1) is 11.3. The highest BCUT2D eigenvalue weighted by atomic mass is 32.1. The fraction of sp³-hybridized carbons (Fsp3) is 0.294. The van der Waals surface area contributed by atoms with Gasteiger partial charge in [0, 0.05) is 23.3 Å². The van der Waals surface area contributed by atoms with E-state index in [9.17, 15) is 4.79 Å². The van der Waals surface area contributed by atoms with Crippen molar-refractivity contribution >= 4 is 22.0 Å². The monoisotopic (exact) mass is 327 g/mol. The molecule has 0 bridgehead atoms. The minimum atomic E-state index is 0.0218. The second kappa shape index (κ2) is 6.14. The third-order valence-corrected chi connectivity index (χ3v) is 5.14. The second-order valence-corrected chi connectivity index (χ2v) is 6.76. The summed E-state index contributed by atoms with van der Waals surface area (Å²) in [5.74, 6) is 0. The van der Waals surface area contributed by atoms with Crippen molar-refractivity contribution in [2.45, 2.75) is 6.54 Å². The highest BCUT2D eigenvalue weighted by Gasteiger charge is 2.21. The topological polar surface area (TPSA) is 42.0 Å². The fourth-order valence-corrected chi connectivity index (χ4v) is 3.87. The fourth-order valence-electron chi connectivity index (χ4n) is 3.13. The van der Waals surface area contributed by atoms with E-state index in [1.54, 1.807) is 16.7 Å². The molecule has 1 N–H and O–H groups in total. The van der Waals surface area contributed by atoms with Gasteiger partial charge in [0.15, 0.2) is 4.96 Å². The molecule has 0 radical (unpaired) electrons. The van der Waals surface area contributed by atoms with Gasteiger partial charge in [-0.1, -0.05) is 18.2 Å². The second-order valence-electron chi connectivity index (χ2n) is 5.89. The van der Waals surface area contributed by atoms with Crippen molar-refractivity contribution in [3.05, 3.63) is 64.0 Å². The van der Waals surface area contributed by atoms with Gasteiger partial charge >= 0.3 is 0 Å². The molecule has 0 spiro atoms. The minimum Gasteiger partial charge on any atom is -0.360 e. The standard InChI is InChI=1S/C17H18N4OS/c22-16-12-14(18-17-21(16)10-11-23-17)13-19-6-8-20(9-7-19)15-4-2-1-3-5-15/h1-5,10-12H,6-9,13H2/p+1. The SMILES string of the molecule is O=c1cc(C[NH+]2CCN(c3ccccc3)CC2)nc2sccn12. The lowest BCUT2D eigenvalue weighted by atomic mass is 10.2. The number of piperazine rings is 1. The predicted octanol–water partition coefficient (Wildman–Crippen LogP) is 0.661. The van der Waals surface area contributed by atoms with E-state index in [2.05, 4.69) is 40.2 Å². The van der Waals surface area contributed by atoms with E-state index >= 15 is 0 Å². The summed E-state index contributed by atoms with van der Waals surface area (Å²) in [7, 11) is 0. The molecule has 1 aliphatic heterocycles. The Morgan fingerprint density at radius 2 is 1.96 bits per heavy atom. The van der Waals surface area contributed by atoms with Gasteiger partial charge in [-0.15, -0.1) is 11.3 Å². The molecular weight excluding hydrogens is 308 g/mol. The van der Waals surface area contributed by atoms with Crippen LogP contribution in [0, 0.1) is 0 Å². The summed E-state index contributed by atoms with van der Waals surface area (Å²) in [5.41, 5.74) is 2.22. The third kappa shape index (κ3) is 3.00. The molecule has 0 amide bonds. The Kier molecular flexibility index (Phi) is 3.85. The number of thiazole rings is 1. The van der Waals surface area contributed by atoms with Gasteiger partial charge < -0.3 is 9.80 Å². The lowest BCUT2D eigenvalue weighted by Crippen LogP contribution is -3.13. The Morgan fingerprint density at radius 3 is 2.74 bits per heavy atom. The van der Waals surface area contributed by atoms with Crippen LogP contribution in [-0.2, 0) is 6.54 Å². The number of hydrogen-bond donors (Lipinski definition) is 1. The van der Waals surface area contributed by atoms with Crippen LogP contribution in [0.5, 0.6) is 0 Å². The number of anilines is 1. The molecule has 1 saturated heterocycles. The summed E-state index contributed by atoms with van der Waals surface area (Å²) in [4.78, 5) is 21.4. The Bertz CT molecular complexity index is 850. The molecular formula is C17H19N4OS+. The van der Waals surface area contributed by atoms with E-state index in [-0.39, 0.29) is 5.56 Å². The van der Waals surface area contributed by atoms with Gasteiger partial charge in [0.2, 0.25) is 0 Å². The molecule has 3 heterocycles. The van der Waals surface area contributed by atoms with Crippen LogP contribution in [0.1, 0.15) is 5.69 Å². The summed E-state index contributed by atoms with van der Waals surface area (Å²) < 4.78 is 1.61. The molecule has 0 atom stereocenters. The van der Waals surface area contributed by atoms with Crippen molar-refractivity contribution in [1.82, 2.24) is 9.38 Å². The van der Waals surface area contributed by atoms with Crippen LogP contribution in [-0.4, -0.2) is 35.6 Å². The van der Waals surface area contributed by atoms with E-state index < -0.39 is 0 Å². The molecule has 1 aliphatic rings. The molecule has 23 heavy (non-hydrogen) atoms. The van der Waals surface area contributed by atoms with Gasteiger partial charge in [0.05, 0.1) is 26.2 Å². The molecule has 2 aromatic heterocycles. The van der Waals surface area contributed by atoms with E-state index in [1.807, 2.05) is 5.38 Å². The van der Waals surface area contributed by atoms with Crippen LogP contribution in [0.15, 0.2) is 52.8 Å². The zero-order valence-corrected chi connectivity index (χ0v) is 13.6. The zero-order valence-electron chi connectivity index (χ0n) is 12.8. The van der Waals surface area contributed by atoms with Gasteiger partial charge in [-0.05, 0) is 12.1 Å². The first kappa shape index (κ1) is 14.4. The minimum absolute atomic E-state index is 0.0218. The summed E-state index contributed by atoms with van der Waals surface area (Å²) in [6.07, 6.45) is 1.78. The molecule has 0 aliphatic carbocycles. The molecule has 0 saturated carbocycles. The van der Waals surface area contributed by atoms with Gasteiger partial charge in [-0.2, -0.15) is 0 Å². The Hall–Kier alpha value is -2.18. The number of nitrogens with zero attached hydrogens (tertiary/aromatic N) is 3. The first-order valence-corrected chi connectivity index (χ1v) is 8.77. The predicted molar refractivity (Wildman–Crippen MR) is 92.4 cm³/mol. The maximum atomic E-state index is 12.1. The number of hydrogen-bond acceptors (Lipinski definition) is 4. The summed E-state index contributed by atoms with van der Waals surface area (Å²) in [6, 6.07) is 12.2. The van der Waals surface area contributed by atoms with Crippen molar-refractivity contribution < 1.29 is 4.90 Å². The highest BCUT2D eigenvalue weighted by molar-refractivity contribution is 7.15. The quantitative estimate of drug-likeness (QED) is 0.768. The number of quaternary nitrogens is 1. The van der Waals surface area contributed by atoms with Crippen molar-refractivity contribution in [2.75, 3.05) is 31.1 Å². The number of para-hydroxylation sites is 1. The van der Waals surface area contributed by atoms with Gasteiger partial charge in [-0.25, -0.2) is 4.98 Å². The highest BCUT2D eigenvalue weighted by Crippen LogP contribution is 2.12. The molecule has 1 aromatic carbocycles. The average Bonchev–Trinajstić information content (AvgIpc) is 3.05. The van der Waals surface area contributed by atoms with E-state index in [0.29, 0.717) is 0 Å². The molecule has 4 rings (SSSR count). The zero-order chi connectivity index (χ0) is 15.6. The molecule has 5 nitrogen and oxygen atoms in total. The van der Waals surface area contributed by atoms with Crippen molar-refractivity contribution in [1.29, 1.82) is 0 Å². The molecule has 6 heteroatoms. The van der Waals surface area contributed by atoms with Crippen LogP contribution in [0.2, 0.25) is 0 Å². The maximum Gasteiger partial charge on any atom is 0.258 e.